The zero-order chi connectivity index (χ0) is 16.7. The van der Waals surface area contributed by atoms with Crippen LogP contribution in [0, 0.1) is 5.92 Å². The number of amides is 1. The zero-order valence-electron chi connectivity index (χ0n) is 12.8. The summed E-state index contributed by atoms with van der Waals surface area (Å²) in [5.74, 6) is 0.697. The topological polar surface area (TPSA) is 88.5 Å². The first-order valence-electron chi connectivity index (χ1n) is 7.87. The van der Waals surface area contributed by atoms with Crippen molar-refractivity contribution >= 4 is 17.7 Å². The molecule has 0 saturated heterocycles. The fraction of sp³-hybridized carbons (Fsp3) is 0.278. The molecule has 1 aliphatic carbocycles. The molecule has 3 unspecified atom stereocenters. The maximum absolute atomic E-state index is 10.9. The lowest BCUT2D eigenvalue weighted by molar-refractivity contribution is -0.139. The molecule has 2 aliphatic heterocycles. The van der Waals surface area contributed by atoms with E-state index in [-0.39, 0.29) is 23.8 Å². The number of nitrogens with one attached hydrogen (secondary N) is 1. The molecular formula is C18H16N2O4. The first-order valence-corrected chi connectivity index (χ1v) is 7.87. The van der Waals surface area contributed by atoms with Crippen molar-refractivity contribution in [1.29, 1.82) is 0 Å². The molecule has 1 aromatic heterocycles. The predicted octanol–water partition coefficient (Wildman–Crippen LogP) is 2.21. The Morgan fingerprint density at radius 1 is 1.21 bits per heavy atom. The van der Waals surface area contributed by atoms with Gasteiger partial charge in [0.25, 0.3) is 0 Å². The van der Waals surface area contributed by atoms with Gasteiger partial charge < -0.3 is 15.2 Å². The number of hydrogen-bond acceptors (Lipinski definition) is 4. The standard InChI is InChI=1S/C10H8O3.C8H8N2O/c11-10(12)8-7-5-3-1-2-4-6(5)13-9(7)8;11-7-4-3-6-2-1-5-9-8(6)10-7/h1-4,7-9H,(H,11,12);1-2,5H,3-4H2,(H,9,10,11). The largest absolute Gasteiger partial charge is 0.489 e. The van der Waals surface area contributed by atoms with Gasteiger partial charge in [0.2, 0.25) is 5.91 Å². The van der Waals surface area contributed by atoms with Crippen LogP contribution < -0.4 is 10.1 Å². The van der Waals surface area contributed by atoms with E-state index < -0.39 is 5.97 Å². The van der Waals surface area contributed by atoms with E-state index in [1.165, 1.54) is 0 Å². The highest BCUT2D eigenvalue weighted by atomic mass is 16.5. The summed E-state index contributed by atoms with van der Waals surface area (Å²) in [6.45, 7) is 0. The van der Waals surface area contributed by atoms with E-state index in [2.05, 4.69) is 10.3 Å². The molecule has 122 valence electrons. The number of para-hydroxylation sites is 1. The van der Waals surface area contributed by atoms with E-state index in [1.807, 2.05) is 36.4 Å². The SMILES string of the molecule is O=C(O)C1C2Oc3ccccc3C21.O=C1CCc2cccnc2N1. The van der Waals surface area contributed by atoms with Crippen LogP contribution in [0.1, 0.15) is 23.5 Å². The normalized spacial score (nSPS) is 25.0. The first kappa shape index (κ1) is 14.7. The summed E-state index contributed by atoms with van der Waals surface area (Å²) in [5.41, 5.74) is 2.19. The Kier molecular flexibility index (Phi) is 3.45. The van der Waals surface area contributed by atoms with Gasteiger partial charge in [0.05, 0.1) is 0 Å². The van der Waals surface area contributed by atoms with E-state index in [0.717, 1.165) is 29.1 Å². The monoisotopic (exact) mass is 324 g/mol. The number of aryl methyl sites for hydroxylation is 1. The van der Waals surface area contributed by atoms with Gasteiger partial charge in [-0.3, -0.25) is 9.59 Å². The Hall–Kier alpha value is -2.89. The molecular weight excluding hydrogens is 308 g/mol. The second-order valence-corrected chi connectivity index (χ2v) is 6.07. The van der Waals surface area contributed by atoms with E-state index in [1.54, 1.807) is 6.20 Å². The highest BCUT2D eigenvalue weighted by molar-refractivity contribution is 5.92. The number of pyridine rings is 1. The summed E-state index contributed by atoms with van der Waals surface area (Å²) in [6.07, 6.45) is 2.98. The molecule has 1 saturated carbocycles. The van der Waals surface area contributed by atoms with Crippen molar-refractivity contribution < 1.29 is 19.4 Å². The van der Waals surface area contributed by atoms with E-state index in [4.69, 9.17) is 9.84 Å². The van der Waals surface area contributed by atoms with Crippen molar-refractivity contribution in [2.45, 2.75) is 24.9 Å². The molecule has 5 rings (SSSR count). The van der Waals surface area contributed by atoms with Crippen molar-refractivity contribution in [2.75, 3.05) is 5.32 Å². The summed E-state index contributed by atoms with van der Waals surface area (Å²) >= 11 is 0. The molecule has 0 spiro atoms. The number of aromatic nitrogens is 1. The van der Waals surface area contributed by atoms with Crippen LogP contribution in [-0.2, 0) is 16.0 Å². The van der Waals surface area contributed by atoms with Crippen LogP contribution in [-0.4, -0.2) is 28.1 Å². The number of carbonyl (C=O) groups excluding carboxylic acids is 1. The quantitative estimate of drug-likeness (QED) is 0.839. The van der Waals surface area contributed by atoms with E-state index >= 15 is 0 Å². The highest BCUT2D eigenvalue weighted by Gasteiger charge is 2.62. The summed E-state index contributed by atoms with van der Waals surface area (Å²) < 4.78 is 5.47. The molecule has 24 heavy (non-hydrogen) atoms. The number of anilines is 1. The summed E-state index contributed by atoms with van der Waals surface area (Å²) in [6, 6.07) is 11.5. The van der Waals surface area contributed by atoms with Crippen molar-refractivity contribution in [3.8, 4) is 5.75 Å². The number of nitrogens with zero attached hydrogens (tertiary/aromatic N) is 1. The second-order valence-electron chi connectivity index (χ2n) is 6.07. The molecule has 3 atom stereocenters. The molecule has 1 aromatic carbocycles. The molecule has 1 fully saturated rings. The maximum Gasteiger partial charge on any atom is 0.311 e. The fourth-order valence-electron chi connectivity index (χ4n) is 3.30. The lowest BCUT2D eigenvalue weighted by Crippen LogP contribution is -2.19. The van der Waals surface area contributed by atoms with Crippen molar-refractivity contribution in [3.63, 3.8) is 0 Å². The van der Waals surface area contributed by atoms with Crippen LogP contribution >= 0.6 is 0 Å². The van der Waals surface area contributed by atoms with Gasteiger partial charge in [-0.1, -0.05) is 24.3 Å². The molecule has 0 bridgehead atoms. The molecule has 2 aromatic rings. The van der Waals surface area contributed by atoms with Crippen LogP contribution in [0.25, 0.3) is 0 Å². The minimum Gasteiger partial charge on any atom is -0.489 e. The van der Waals surface area contributed by atoms with Crippen LogP contribution in [0.5, 0.6) is 5.75 Å². The van der Waals surface area contributed by atoms with Gasteiger partial charge in [-0.15, -0.1) is 0 Å². The molecule has 2 N–H and O–H groups in total. The second kappa shape index (κ2) is 5.63. The lowest BCUT2D eigenvalue weighted by Gasteiger charge is -2.13. The Balaban J connectivity index is 0.000000123. The van der Waals surface area contributed by atoms with Gasteiger partial charge in [-0.05, 0) is 24.1 Å². The molecule has 6 heteroatoms. The average molecular weight is 324 g/mol. The Morgan fingerprint density at radius 2 is 2.04 bits per heavy atom. The van der Waals surface area contributed by atoms with Crippen LogP contribution in [0.15, 0.2) is 42.6 Å². The minimum absolute atomic E-state index is 0.0659. The Labute approximate surface area is 138 Å². The summed E-state index contributed by atoms with van der Waals surface area (Å²) in [7, 11) is 0. The number of benzene rings is 1. The van der Waals surface area contributed by atoms with Crippen LogP contribution in [0.2, 0.25) is 0 Å². The van der Waals surface area contributed by atoms with Crippen molar-refractivity contribution in [3.05, 3.63) is 53.7 Å². The molecule has 3 aliphatic rings. The number of hydrogen-bond donors (Lipinski definition) is 2. The Morgan fingerprint density at radius 3 is 2.88 bits per heavy atom. The number of aliphatic carboxylic acids is 1. The van der Waals surface area contributed by atoms with Crippen molar-refractivity contribution in [2.24, 2.45) is 5.92 Å². The number of carbonyl (C=O) groups is 2. The molecule has 1 amide bonds. The predicted molar refractivity (Wildman–Crippen MR) is 85.9 cm³/mol. The number of ether oxygens (including phenoxy) is 1. The number of fused-ring (bicyclic) bond motifs is 4. The first-order chi connectivity index (χ1) is 11.6. The lowest BCUT2D eigenvalue weighted by atomic mass is 10.1. The molecule has 6 nitrogen and oxygen atoms in total. The minimum atomic E-state index is -0.746. The Bertz CT molecular complexity index is 820. The van der Waals surface area contributed by atoms with Gasteiger partial charge in [-0.25, -0.2) is 4.98 Å². The molecule has 3 heterocycles. The number of rotatable bonds is 1. The zero-order valence-corrected chi connectivity index (χ0v) is 12.8. The smallest absolute Gasteiger partial charge is 0.311 e. The van der Waals surface area contributed by atoms with Gasteiger partial charge in [0, 0.05) is 24.1 Å². The average Bonchev–Trinajstić information content (AvgIpc) is 3.19. The van der Waals surface area contributed by atoms with E-state index in [0.29, 0.717) is 6.42 Å². The van der Waals surface area contributed by atoms with Gasteiger partial charge >= 0.3 is 5.97 Å². The number of carboxylic acids is 1. The third kappa shape index (κ3) is 2.50. The highest BCUT2D eigenvalue weighted by Crippen LogP contribution is 2.58. The van der Waals surface area contributed by atoms with Crippen LogP contribution in [0.4, 0.5) is 5.82 Å². The number of carboxylic acid groups (broad SMARTS) is 1. The third-order valence-electron chi connectivity index (χ3n) is 4.55. The molecule has 0 radical (unpaired) electrons. The third-order valence-corrected chi connectivity index (χ3v) is 4.55. The van der Waals surface area contributed by atoms with Crippen LogP contribution in [0.3, 0.4) is 0 Å². The fourth-order valence-corrected chi connectivity index (χ4v) is 3.30. The van der Waals surface area contributed by atoms with Crippen molar-refractivity contribution in [1.82, 2.24) is 4.98 Å². The maximum atomic E-state index is 10.9. The summed E-state index contributed by atoms with van der Waals surface area (Å²) in [5, 5.41) is 11.5. The van der Waals surface area contributed by atoms with Gasteiger partial charge in [0.15, 0.2) is 0 Å². The summed E-state index contributed by atoms with van der Waals surface area (Å²) in [4.78, 5) is 25.6. The van der Waals surface area contributed by atoms with Gasteiger partial charge in [0.1, 0.15) is 23.6 Å². The van der Waals surface area contributed by atoms with Gasteiger partial charge in [-0.2, -0.15) is 0 Å². The van der Waals surface area contributed by atoms with E-state index in [9.17, 15) is 9.59 Å².